The summed E-state index contributed by atoms with van der Waals surface area (Å²) in [6.45, 7) is 1.99. The summed E-state index contributed by atoms with van der Waals surface area (Å²) in [6.07, 6.45) is 1.74. The molecule has 0 amide bonds. The van der Waals surface area contributed by atoms with Gasteiger partial charge in [-0.15, -0.1) is 0 Å². The number of hydrogen-bond acceptors (Lipinski definition) is 3. The molecule has 0 saturated carbocycles. The van der Waals surface area contributed by atoms with Gasteiger partial charge in [-0.2, -0.15) is 0 Å². The molecule has 4 heteroatoms. The lowest BCUT2D eigenvalue weighted by Gasteiger charge is -2.06. The molecule has 0 spiro atoms. The van der Waals surface area contributed by atoms with Crippen molar-refractivity contribution < 1.29 is 0 Å². The fourth-order valence-corrected chi connectivity index (χ4v) is 1.38. The first-order valence-electron chi connectivity index (χ1n) is 4.57. The maximum atomic E-state index is 5.78. The van der Waals surface area contributed by atoms with Crippen LogP contribution in [0.4, 0.5) is 11.6 Å². The van der Waals surface area contributed by atoms with Crippen LogP contribution in [0.2, 0.25) is 5.15 Å². The second-order valence-corrected chi connectivity index (χ2v) is 3.53. The first kappa shape index (κ1) is 9.93. The predicted molar refractivity (Wildman–Crippen MR) is 61.5 cm³/mol. The van der Waals surface area contributed by atoms with Gasteiger partial charge in [-0.05, 0) is 30.7 Å². The molecule has 3 nitrogen and oxygen atoms in total. The molecule has 0 radical (unpaired) electrons. The van der Waals surface area contributed by atoms with E-state index in [2.05, 4.69) is 15.3 Å². The van der Waals surface area contributed by atoms with Crippen LogP contribution in [0.25, 0.3) is 0 Å². The first-order chi connectivity index (χ1) is 7.25. The summed E-state index contributed by atoms with van der Waals surface area (Å²) in [6, 6.07) is 9.31. The topological polar surface area (TPSA) is 37.8 Å². The lowest BCUT2D eigenvalue weighted by Crippen LogP contribution is -1.97. The monoisotopic (exact) mass is 219 g/mol. The van der Waals surface area contributed by atoms with Crippen LogP contribution in [0.5, 0.6) is 0 Å². The second kappa shape index (κ2) is 4.28. The van der Waals surface area contributed by atoms with Crippen LogP contribution in [0, 0.1) is 6.92 Å². The molecule has 0 aliphatic rings. The Kier molecular flexibility index (Phi) is 2.83. The van der Waals surface area contributed by atoms with Crippen molar-refractivity contribution in [1.29, 1.82) is 0 Å². The molecule has 1 N–H and O–H groups in total. The van der Waals surface area contributed by atoms with Crippen LogP contribution in [0.15, 0.2) is 36.5 Å². The van der Waals surface area contributed by atoms with Crippen LogP contribution in [-0.2, 0) is 0 Å². The summed E-state index contributed by atoms with van der Waals surface area (Å²) >= 11 is 5.78. The third kappa shape index (κ3) is 2.44. The van der Waals surface area contributed by atoms with Crippen LogP contribution in [0.3, 0.4) is 0 Å². The third-order valence-electron chi connectivity index (χ3n) is 1.97. The van der Waals surface area contributed by atoms with E-state index in [9.17, 15) is 0 Å². The number of pyridine rings is 2. The first-order valence-corrected chi connectivity index (χ1v) is 4.95. The van der Waals surface area contributed by atoms with E-state index in [4.69, 9.17) is 11.6 Å². The Labute approximate surface area is 93.1 Å². The summed E-state index contributed by atoms with van der Waals surface area (Å²) < 4.78 is 0. The molecule has 0 aromatic carbocycles. The van der Waals surface area contributed by atoms with E-state index in [1.807, 2.05) is 31.2 Å². The quantitative estimate of drug-likeness (QED) is 0.789. The minimum absolute atomic E-state index is 0.466. The van der Waals surface area contributed by atoms with Crippen molar-refractivity contribution >= 4 is 23.2 Å². The average Bonchev–Trinajstić information content (AvgIpc) is 2.22. The largest absolute Gasteiger partial charge is 0.325 e. The van der Waals surface area contributed by atoms with Crippen LogP contribution >= 0.6 is 11.6 Å². The molecule has 76 valence electrons. The smallest absolute Gasteiger partial charge is 0.134 e. The van der Waals surface area contributed by atoms with Crippen molar-refractivity contribution in [1.82, 2.24) is 9.97 Å². The molecule has 0 fully saturated rings. The molecular formula is C11H10ClN3. The summed E-state index contributed by atoms with van der Waals surface area (Å²) in [5, 5.41) is 3.57. The second-order valence-electron chi connectivity index (χ2n) is 3.14. The average molecular weight is 220 g/mol. The number of aromatic nitrogens is 2. The van der Waals surface area contributed by atoms with Crippen molar-refractivity contribution in [2.45, 2.75) is 6.92 Å². The Morgan fingerprint density at radius 3 is 2.80 bits per heavy atom. The minimum atomic E-state index is 0.466. The number of rotatable bonds is 2. The van der Waals surface area contributed by atoms with Gasteiger partial charge in [-0.25, -0.2) is 9.97 Å². The highest BCUT2D eigenvalue weighted by Gasteiger charge is 2.00. The summed E-state index contributed by atoms with van der Waals surface area (Å²) in [4.78, 5) is 8.33. The molecule has 2 heterocycles. The highest BCUT2D eigenvalue weighted by atomic mass is 35.5. The maximum absolute atomic E-state index is 5.78. The molecule has 15 heavy (non-hydrogen) atoms. The van der Waals surface area contributed by atoms with E-state index in [0.29, 0.717) is 11.0 Å². The van der Waals surface area contributed by atoms with E-state index in [1.54, 1.807) is 12.3 Å². The summed E-state index contributed by atoms with van der Waals surface area (Å²) in [7, 11) is 0. The molecule has 2 rings (SSSR count). The fourth-order valence-electron chi connectivity index (χ4n) is 1.22. The molecule has 2 aromatic rings. The molecule has 0 atom stereocenters. The van der Waals surface area contributed by atoms with E-state index in [-0.39, 0.29) is 0 Å². The Morgan fingerprint density at radius 2 is 2.07 bits per heavy atom. The lowest BCUT2D eigenvalue weighted by molar-refractivity contribution is 1.22. The summed E-state index contributed by atoms with van der Waals surface area (Å²) in [5.74, 6) is 1.50. The Morgan fingerprint density at radius 1 is 1.20 bits per heavy atom. The molecular weight excluding hydrogens is 210 g/mol. The van der Waals surface area contributed by atoms with Crippen LogP contribution in [-0.4, -0.2) is 9.97 Å². The maximum Gasteiger partial charge on any atom is 0.134 e. The Bertz CT molecular complexity index is 471. The Balaban J connectivity index is 2.26. The normalized spacial score (nSPS) is 10.0. The number of nitrogens with one attached hydrogen (secondary N) is 1. The third-order valence-corrected chi connectivity index (χ3v) is 2.18. The molecule has 0 saturated heterocycles. The van der Waals surface area contributed by atoms with Gasteiger partial charge in [-0.3, -0.25) is 0 Å². The number of aryl methyl sites for hydroxylation is 1. The molecule has 2 aromatic heterocycles. The standard InChI is InChI=1S/C11H10ClN3/c1-8-4-3-7-13-11(8)15-10-6-2-5-9(12)14-10/h2-7H,1H3,(H,13,14,15). The van der Waals surface area contributed by atoms with Crippen molar-refractivity contribution in [2.24, 2.45) is 0 Å². The minimum Gasteiger partial charge on any atom is -0.325 e. The zero-order chi connectivity index (χ0) is 10.7. The van der Waals surface area contributed by atoms with Crippen molar-refractivity contribution in [3.63, 3.8) is 0 Å². The van der Waals surface area contributed by atoms with Gasteiger partial charge in [0, 0.05) is 6.20 Å². The van der Waals surface area contributed by atoms with Gasteiger partial charge >= 0.3 is 0 Å². The van der Waals surface area contributed by atoms with Gasteiger partial charge < -0.3 is 5.32 Å². The van der Waals surface area contributed by atoms with E-state index in [0.717, 1.165) is 11.4 Å². The lowest BCUT2D eigenvalue weighted by atomic mass is 10.3. The van der Waals surface area contributed by atoms with Gasteiger partial charge in [0.2, 0.25) is 0 Å². The highest BCUT2D eigenvalue weighted by molar-refractivity contribution is 6.29. The molecule has 0 aliphatic carbocycles. The molecule has 0 aliphatic heterocycles. The van der Waals surface area contributed by atoms with Crippen LogP contribution in [0.1, 0.15) is 5.56 Å². The van der Waals surface area contributed by atoms with Crippen molar-refractivity contribution in [2.75, 3.05) is 5.32 Å². The van der Waals surface area contributed by atoms with Gasteiger partial charge in [0.1, 0.15) is 16.8 Å². The van der Waals surface area contributed by atoms with E-state index >= 15 is 0 Å². The molecule has 0 bridgehead atoms. The van der Waals surface area contributed by atoms with Gasteiger partial charge in [0.05, 0.1) is 0 Å². The van der Waals surface area contributed by atoms with Gasteiger partial charge in [-0.1, -0.05) is 23.7 Å². The van der Waals surface area contributed by atoms with Gasteiger partial charge in [0.15, 0.2) is 0 Å². The molecule has 0 unspecified atom stereocenters. The summed E-state index contributed by atoms with van der Waals surface area (Å²) in [5.41, 5.74) is 1.07. The zero-order valence-electron chi connectivity index (χ0n) is 8.24. The van der Waals surface area contributed by atoms with E-state index < -0.39 is 0 Å². The number of hydrogen-bond donors (Lipinski definition) is 1. The van der Waals surface area contributed by atoms with Crippen molar-refractivity contribution in [3.8, 4) is 0 Å². The number of nitrogens with zero attached hydrogens (tertiary/aromatic N) is 2. The van der Waals surface area contributed by atoms with Crippen molar-refractivity contribution in [3.05, 3.63) is 47.2 Å². The predicted octanol–water partition coefficient (Wildman–Crippen LogP) is 3.18. The van der Waals surface area contributed by atoms with E-state index in [1.165, 1.54) is 0 Å². The fraction of sp³-hybridized carbons (Fsp3) is 0.0909. The Hall–Kier alpha value is -1.61. The zero-order valence-corrected chi connectivity index (χ0v) is 8.99. The van der Waals surface area contributed by atoms with Gasteiger partial charge in [0.25, 0.3) is 0 Å². The SMILES string of the molecule is Cc1cccnc1Nc1cccc(Cl)n1. The number of anilines is 2. The highest BCUT2D eigenvalue weighted by Crippen LogP contribution is 2.16. The number of halogens is 1. The van der Waals surface area contributed by atoms with Crippen LogP contribution < -0.4 is 5.32 Å².